The highest BCUT2D eigenvalue weighted by molar-refractivity contribution is 7.98. The van der Waals surface area contributed by atoms with Crippen LogP contribution in [-0.4, -0.2) is 19.7 Å². The predicted molar refractivity (Wildman–Crippen MR) is 94.8 cm³/mol. The minimum atomic E-state index is -3.67. The summed E-state index contributed by atoms with van der Waals surface area (Å²) >= 11 is 1.70. The Bertz CT molecular complexity index is 912. The molecule has 2 aromatic carbocycles. The molecule has 3 N–H and O–H groups in total. The van der Waals surface area contributed by atoms with E-state index < -0.39 is 10.0 Å². The van der Waals surface area contributed by atoms with Crippen molar-refractivity contribution in [3.63, 3.8) is 0 Å². The summed E-state index contributed by atoms with van der Waals surface area (Å²) in [6.07, 6.45) is 3.92. The topological polar surface area (TPSA) is 76.0 Å². The number of H-pyrrole nitrogens is 1. The first kappa shape index (κ1) is 15.9. The highest BCUT2D eigenvalue weighted by Crippen LogP contribution is 2.32. The van der Waals surface area contributed by atoms with Crippen LogP contribution in [0.2, 0.25) is 0 Å². The Balaban J connectivity index is 2.00. The second-order valence-electron chi connectivity index (χ2n) is 5.06. The lowest BCUT2D eigenvalue weighted by Crippen LogP contribution is -2.11. The molecule has 0 saturated heterocycles. The summed E-state index contributed by atoms with van der Waals surface area (Å²) in [6.45, 7) is 0. The largest absolute Gasteiger partial charge is 0.361 e. The summed E-state index contributed by atoms with van der Waals surface area (Å²) in [5, 5.41) is 5.14. The fourth-order valence-corrected chi connectivity index (χ4v) is 3.35. The number of hydrogen-bond donors (Lipinski definition) is 2. The van der Waals surface area contributed by atoms with Crippen molar-refractivity contribution in [2.45, 2.75) is 9.79 Å². The molecule has 0 radical (unpaired) electrons. The van der Waals surface area contributed by atoms with Crippen LogP contribution in [0.15, 0.2) is 70.6 Å². The zero-order valence-corrected chi connectivity index (χ0v) is 14.1. The van der Waals surface area contributed by atoms with Crippen LogP contribution in [0, 0.1) is 0 Å². The van der Waals surface area contributed by atoms with Gasteiger partial charge in [-0.15, -0.1) is 11.8 Å². The molecule has 4 nitrogen and oxygen atoms in total. The van der Waals surface area contributed by atoms with Crippen LogP contribution < -0.4 is 5.14 Å². The van der Waals surface area contributed by atoms with Gasteiger partial charge >= 0.3 is 0 Å². The van der Waals surface area contributed by atoms with E-state index in [-0.39, 0.29) is 4.90 Å². The molecule has 0 amide bonds. The van der Waals surface area contributed by atoms with Gasteiger partial charge in [0.05, 0.1) is 10.6 Å². The van der Waals surface area contributed by atoms with E-state index in [0.29, 0.717) is 0 Å². The molecule has 3 aromatic rings. The Morgan fingerprint density at radius 3 is 2.09 bits per heavy atom. The molecule has 0 bridgehead atoms. The van der Waals surface area contributed by atoms with Crippen LogP contribution >= 0.6 is 11.8 Å². The first-order valence-corrected chi connectivity index (χ1v) is 9.71. The van der Waals surface area contributed by atoms with E-state index in [2.05, 4.69) is 29.2 Å². The Hall–Kier alpha value is -2.02. The lowest BCUT2D eigenvalue weighted by Gasteiger charge is -2.07. The normalized spacial score (nSPS) is 11.6. The van der Waals surface area contributed by atoms with Crippen LogP contribution in [0.25, 0.3) is 22.4 Å². The third-order valence-corrected chi connectivity index (χ3v) is 5.29. The van der Waals surface area contributed by atoms with Crippen molar-refractivity contribution in [2.24, 2.45) is 5.14 Å². The van der Waals surface area contributed by atoms with E-state index in [1.54, 1.807) is 23.9 Å². The molecule has 0 atom stereocenters. The second kappa shape index (κ2) is 6.23. The number of aromatic nitrogens is 1. The molecule has 118 valence electrons. The quantitative estimate of drug-likeness (QED) is 0.708. The molecule has 0 aliphatic heterocycles. The van der Waals surface area contributed by atoms with Gasteiger partial charge in [0, 0.05) is 16.7 Å². The average molecular weight is 344 g/mol. The third-order valence-electron chi connectivity index (χ3n) is 3.62. The van der Waals surface area contributed by atoms with Crippen molar-refractivity contribution in [1.82, 2.24) is 4.98 Å². The summed E-state index contributed by atoms with van der Waals surface area (Å²) < 4.78 is 22.7. The van der Waals surface area contributed by atoms with Crippen molar-refractivity contribution >= 4 is 21.8 Å². The molecule has 0 spiro atoms. The van der Waals surface area contributed by atoms with E-state index in [9.17, 15) is 8.42 Å². The molecule has 1 heterocycles. The van der Waals surface area contributed by atoms with Gasteiger partial charge in [0.15, 0.2) is 0 Å². The van der Waals surface area contributed by atoms with Crippen molar-refractivity contribution in [1.29, 1.82) is 0 Å². The number of aromatic amines is 1. The summed E-state index contributed by atoms with van der Waals surface area (Å²) in [7, 11) is -3.67. The second-order valence-corrected chi connectivity index (χ2v) is 7.51. The summed E-state index contributed by atoms with van der Waals surface area (Å²) in [5.74, 6) is 0. The number of nitrogens with two attached hydrogens (primary N) is 1. The Morgan fingerprint density at radius 2 is 1.52 bits per heavy atom. The van der Waals surface area contributed by atoms with Gasteiger partial charge in [0.2, 0.25) is 10.0 Å². The maximum absolute atomic E-state index is 11.3. The number of benzene rings is 2. The molecular formula is C17H16N2O2S2. The number of sulfonamides is 1. The number of primary sulfonamides is 1. The fourth-order valence-electron chi connectivity index (χ4n) is 2.43. The van der Waals surface area contributed by atoms with E-state index in [4.69, 9.17) is 5.14 Å². The SMILES string of the molecule is CSc1ccc(-c2cc[nH]c2-c2ccc(S(N)(=O)=O)cc2)cc1. The van der Waals surface area contributed by atoms with Crippen LogP contribution in [0.3, 0.4) is 0 Å². The van der Waals surface area contributed by atoms with Gasteiger partial charge in [-0.1, -0.05) is 24.3 Å². The van der Waals surface area contributed by atoms with Crippen LogP contribution in [-0.2, 0) is 10.0 Å². The maximum atomic E-state index is 11.3. The zero-order chi connectivity index (χ0) is 16.4. The third kappa shape index (κ3) is 3.34. The summed E-state index contributed by atoms with van der Waals surface area (Å²) in [5.41, 5.74) is 4.03. The Labute approximate surface area is 139 Å². The van der Waals surface area contributed by atoms with E-state index in [0.717, 1.165) is 22.4 Å². The number of rotatable bonds is 4. The van der Waals surface area contributed by atoms with E-state index >= 15 is 0 Å². The minimum Gasteiger partial charge on any atom is -0.361 e. The van der Waals surface area contributed by atoms with Crippen molar-refractivity contribution < 1.29 is 8.42 Å². The Morgan fingerprint density at radius 1 is 0.913 bits per heavy atom. The number of thioether (sulfide) groups is 1. The van der Waals surface area contributed by atoms with Gasteiger partial charge in [-0.25, -0.2) is 13.6 Å². The molecule has 6 heteroatoms. The summed E-state index contributed by atoms with van der Waals surface area (Å²) in [6, 6.07) is 16.9. The molecule has 0 unspecified atom stereocenters. The van der Waals surface area contributed by atoms with Gasteiger partial charge < -0.3 is 4.98 Å². The lowest BCUT2D eigenvalue weighted by molar-refractivity contribution is 0.598. The van der Waals surface area contributed by atoms with Crippen LogP contribution in [0.1, 0.15) is 0 Å². The first-order valence-electron chi connectivity index (χ1n) is 6.94. The van der Waals surface area contributed by atoms with E-state index in [1.165, 1.54) is 17.0 Å². The van der Waals surface area contributed by atoms with Crippen molar-refractivity contribution in [3.8, 4) is 22.4 Å². The standard InChI is InChI=1S/C17H16N2O2S2/c1-22-14-6-2-12(3-7-14)16-10-11-19-17(16)13-4-8-15(9-5-13)23(18,20)21/h2-11,19H,1H3,(H2,18,20,21). The average Bonchev–Trinajstić information content (AvgIpc) is 3.04. The van der Waals surface area contributed by atoms with Gasteiger partial charge in [-0.3, -0.25) is 0 Å². The van der Waals surface area contributed by atoms with Gasteiger partial charge in [0.25, 0.3) is 0 Å². The summed E-state index contributed by atoms with van der Waals surface area (Å²) in [4.78, 5) is 4.54. The molecule has 0 aliphatic rings. The van der Waals surface area contributed by atoms with Gasteiger partial charge in [0.1, 0.15) is 0 Å². The molecule has 1 aromatic heterocycles. The predicted octanol–water partition coefficient (Wildman–Crippen LogP) is 3.72. The fraction of sp³-hybridized carbons (Fsp3) is 0.0588. The maximum Gasteiger partial charge on any atom is 0.238 e. The van der Waals surface area contributed by atoms with Crippen LogP contribution in [0.4, 0.5) is 0 Å². The van der Waals surface area contributed by atoms with Gasteiger partial charge in [-0.05, 0) is 47.7 Å². The molecule has 0 aliphatic carbocycles. The van der Waals surface area contributed by atoms with Gasteiger partial charge in [-0.2, -0.15) is 0 Å². The molecule has 0 fully saturated rings. The monoisotopic (exact) mass is 344 g/mol. The number of hydrogen-bond acceptors (Lipinski definition) is 3. The van der Waals surface area contributed by atoms with Crippen molar-refractivity contribution in [3.05, 3.63) is 60.8 Å². The Kier molecular flexibility index (Phi) is 4.30. The first-order chi connectivity index (χ1) is 11.0. The smallest absolute Gasteiger partial charge is 0.238 e. The highest BCUT2D eigenvalue weighted by Gasteiger charge is 2.11. The van der Waals surface area contributed by atoms with Crippen LogP contribution in [0.5, 0.6) is 0 Å². The van der Waals surface area contributed by atoms with E-state index in [1.807, 2.05) is 18.5 Å². The molecular weight excluding hydrogens is 328 g/mol. The zero-order valence-electron chi connectivity index (χ0n) is 12.5. The van der Waals surface area contributed by atoms with Crippen molar-refractivity contribution in [2.75, 3.05) is 6.26 Å². The molecule has 3 rings (SSSR count). The number of nitrogens with one attached hydrogen (secondary N) is 1. The highest BCUT2D eigenvalue weighted by atomic mass is 32.2. The minimum absolute atomic E-state index is 0.110. The lowest BCUT2D eigenvalue weighted by atomic mass is 10.0. The molecule has 23 heavy (non-hydrogen) atoms. The molecule has 0 saturated carbocycles.